The number of aromatic nitrogens is 2. The van der Waals surface area contributed by atoms with E-state index < -0.39 is 34.8 Å². The Balaban J connectivity index is 1.25. The number of nitrogens with one attached hydrogen (secondary N) is 2. The van der Waals surface area contributed by atoms with Gasteiger partial charge in [-0.05, 0) is 50.6 Å². The van der Waals surface area contributed by atoms with Crippen molar-refractivity contribution in [3.63, 3.8) is 0 Å². The second kappa shape index (κ2) is 12.0. The van der Waals surface area contributed by atoms with E-state index in [0.717, 1.165) is 23.4 Å². The summed E-state index contributed by atoms with van der Waals surface area (Å²) in [6.45, 7) is 6.89. The van der Waals surface area contributed by atoms with Gasteiger partial charge >= 0.3 is 6.09 Å². The van der Waals surface area contributed by atoms with E-state index in [-0.39, 0.29) is 49.2 Å². The summed E-state index contributed by atoms with van der Waals surface area (Å²) in [7, 11) is 3.03. The number of rotatable bonds is 7. The van der Waals surface area contributed by atoms with E-state index in [2.05, 4.69) is 15.6 Å². The largest absolute Gasteiger partial charge is 0.444 e. The zero-order valence-electron chi connectivity index (χ0n) is 25.4. The highest BCUT2D eigenvalue weighted by Gasteiger charge is 2.51. The SMILES string of the molecule is CN(C)C(=O)c1cc(F)c(CN2CCn3c(cnc3C(=O)NCc3ccc(NC(=O)OC(C)(C)C)cc3)C23COC3)c(F)c1. The van der Waals surface area contributed by atoms with Crippen molar-refractivity contribution >= 4 is 23.6 Å². The summed E-state index contributed by atoms with van der Waals surface area (Å²) in [6.07, 6.45) is 1.06. The second-order valence-electron chi connectivity index (χ2n) is 12.2. The molecule has 0 radical (unpaired) electrons. The molecule has 2 aliphatic heterocycles. The van der Waals surface area contributed by atoms with Gasteiger partial charge in [0, 0.05) is 57.1 Å². The van der Waals surface area contributed by atoms with Crippen LogP contribution in [0, 0.1) is 11.6 Å². The lowest BCUT2D eigenvalue weighted by atomic mass is 9.88. The molecule has 1 spiro atoms. The van der Waals surface area contributed by atoms with E-state index in [0.29, 0.717) is 18.8 Å². The first-order valence-electron chi connectivity index (χ1n) is 14.2. The molecule has 2 N–H and O–H groups in total. The van der Waals surface area contributed by atoms with E-state index in [9.17, 15) is 14.4 Å². The van der Waals surface area contributed by atoms with Gasteiger partial charge in [0.15, 0.2) is 5.82 Å². The van der Waals surface area contributed by atoms with Gasteiger partial charge in [-0.3, -0.25) is 19.8 Å². The van der Waals surface area contributed by atoms with Crippen molar-refractivity contribution in [3.05, 3.63) is 82.4 Å². The number of benzene rings is 2. The summed E-state index contributed by atoms with van der Waals surface area (Å²) >= 11 is 0. The lowest BCUT2D eigenvalue weighted by molar-refractivity contribution is -0.163. The zero-order chi connectivity index (χ0) is 31.8. The van der Waals surface area contributed by atoms with Crippen LogP contribution < -0.4 is 10.6 Å². The molecule has 3 aromatic rings. The van der Waals surface area contributed by atoms with Crippen LogP contribution in [0.4, 0.5) is 19.3 Å². The third-order valence-electron chi connectivity index (χ3n) is 7.61. The van der Waals surface area contributed by atoms with E-state index in [4.69, 9.17) is 9.47 Å². The van der Waals surface area contributed by atoms with Crippen LogP contribution in [0.1, 0.15) is 58.6 Å². The summed E-state index contributed by atoms with van der Waals surface area (Å²) in [4.78, 5) is 45.0. The quantitative estimate of drug-likeness (QED) is 0.417. The van der Waals surface area contributed by atoms with Crippen molar-refractivity contribution < 1.29 is 32.6 Å². The van der Waals surface area contributed by atoms with E-state index >= 15 is 8.78 Å². The zero-order valence-corrected chi connectivity index (χ0v) is 25.4. The minimum atomic E-state index is -0.793. The number of nitrogens with zero attached hydrogens (tertiary/aromatic N) is 4. The molecule has 1 aromatic heterocycles. The number of ether oxygens (including phenoxy) is 2. The number of anilines is 1. The first kappa shape index (κ1) is 31.1. The fraction of sp³-hybridized carbons (Fsp3) is 0.419. The minimum Gasteiger partial charge on any atom is -0.444 e. The molecule has 3 amide bonds. The van der Waals surface area contributed by atoms with Crippen LogP contribution in [0.15, 0.2) is 42.6 Å². The maximum absolute atomic E-state index is 15.1. The number of halogens is 2. The first-order chi connectivity index (χ1) is 20.8. The molecule has 1 saturated heterocycles. The molecule has 2 aromatic carbocycles. The standard InChI is InChI=1S/C31H36F2N6O5/c1-30(2,3)44-29(42)36-21-8-6-19(7-9-21)14-35-27(40)26-34-15-25-31(17-43-18-31)38(10-11-39(25)26)16-22-23(32)12-20(13-24(22)33)28(41)37(4)5/h6-9,12-13,15H,10-11,14,16-18H2,1-5H3,(H,35,40)(H,36,42). The Kier molecular flexibility index (Phi) is 8.45. The predicted molar refractivity (Wildman–Crippen MR) is 157 cm³/mol. The number of hydrogen-bond donors (Lipinski definition) is 2. The summed E-state index contributed by atoms with van der Waals surface area (Å²) in [5, 5.41) is 5.55. The van der Waals surface area contributed by atoms with E-state index in [1.54, 1.807) is 51.2 Å². The number of amides is 3. The predicted octanol–water partition coefficient (Wildman–Crippen LogP) is 3.88. The smallest absolute Gasteiger partial charge is 0.412 e. The van der Waals surface area contributed by atoms with Crippen LogP contribution in [0.3, 0.4) is 0 Å². The lowest BCUT2D eigenvalue weighted by Crippen LogP contribution is -2.63. The Labute approximate surface area is 254 Å². The molecule has 13 heteroatoms. The highest BCUT2D eigenvalue weighted by molar-refractivity contribution is 5.94. The van der Waals surface area contributed by atoms with Crippen molar-refractivity contribution in [1.29, 1.82) is 0 Å². The van der Waals surface area contributed by atoms with Gasteiger partial charge in [-0.2, -0.15) is 0 Å². The number of hydrogen-bond acceptors (Lipinski definition) is 7. The third-order valence-corrected chi connectivity index (χ3v) is 7.61. The fourth-order valence-electron chi connectivity index (χ4n) is 5.32. The second-order valence-corrected chi connectivity index (χ2v) is 12.2. The molecule has 0 saturated carbocycles. The van der Waals surface area contributed by atoms with E-state index in [1.807, 2.05) is 9.47 Å². The number of fused-ring (bicyclic) bond motifs is 2. The van der Waals surface area contributed by atoms with Gasteiger partial charge in [-0.1, -0.05) is 12.1 Å². The molecule has 1 fully saturated rings. The van der Waals surface area contributed by atoms with Crippen molar-refractivity contribution in [2.45, 2.75) is 51.5 Å². The van der Waals surface area contributed by atoms with Gasteiger partial charge in [-0.15, -0.1) is 0 Å². The van der Waals surface area contributed by atoms with Crippen LogP contribution in [0.25, 0.3) is 0 Å². The Morgan fingerprint density at radius 3 is 2.30 bits per heavy atom. The molecule has 0 atom stereocenters. The molecule has 0 aliphatic carbocycles. The van der Waals surface area contributed by atoms with Crippen LogP contribution >= 0.6 is 0 Å². The fourth-order valence-corrected chi connectivity index (χ4v) is 5.32. The molecular weight excluding hydrogens is 574 g/mol. The van der Waals surface area contributed by atoms with Gasteiger partial charge in [0.05, 0.1) is 25.1 Å². The molecule has 3 heterocycles. The molecule has 0 bridgehead atoms. The first-order valence-corrected chi connectivity index (χ1v) is 14.2. The average Bonchev–Trinajstić information content (AvgIpc) is 3.36. The maximum atomic E-state index is 15.1. The van der Waals surface area contributed by atoms with E-state index in [1.165, 1.54) is 19.0 Å². The highest BCUT2D eigenvalue weighted by Crippen LogP contribution is 2.40. The molecule has 0 unspecified atom stereocenters. The highest BCUT2D eigenvalue weighted by atomic mass is 19.1. The van der Waals surface area contributed by atoms with Gasteiger partial charge in [0.2, 0.25) is 0 Å². The molecule has 5 rings (SSSR count). The van der Waals surface area contributed by atoms with Crippen LogP contribution in [-0.2, 0) is 34.6 Å². The number of carbonyl (C=O) groups is 3. The molecule has 2 aliphatic rings. The molecule has 44 heavy (non-hydrogen) atoms. The normalized spacial score (nSPS) is 15.7. The van der Waals surface area contributed by atoms with Gasteiger partial charge < -0.3 is 24.3 Å². The van der Waals surface area contributed by atoms with Crippen molar-refractivity contribution in [2.75, 3.05) is 39.2 Å². The summed E-state index contributed by atoms with van der Waals surface area (Å²) in [5.74, 6) is -2.21. The summed E-state index contributed by atoms with van der Waals surface area (Å²) < 4.78 is 42.8. The average molecular weight is 611 g/mol. The molecule has 11 nitrogen and oxygen atoms in total. The minimum absolute atomic E-state index is 0.0387. The van der Waals surface area contributed by atoms with Gasteiger partial charge in [-0.25, -0.2) is 18.6 Å². The Hall–Kier alpha value is -4.36. The van der Waals surface area contributed by atoms with Gasteiger partial charge in [0.1, 0.15) is 22.8 Å². The van der Waals surface area contributed by atoms with Crippen molar-refractivity contribution in [1.82, 2.24) is 24.7 Å². The van der Waals surface area contributed by atoms with Gasteiger partial charge in [0.25, 0.3) is 11.8 Å². The number of carbonyl (C=O) groups excluding carboxylic acids is 3. The van der Waals surface area contributed by atoms with Crippen LogP contribution in [0.5, 0.6) is 0 Å². The summed E-state index contributed by atoms with van der Waals surface area (Å²) in [5.41, 5.74) is 0.611. The molecule has 234 valence electrons. The van der Waals surface area contributed by atoms with Crippen LogP contribution in [-0.4, -0.2) is 76.7 Å². The third kappa shape index (κ3) is 6.29. The van der Waals surface area contributed by atoms with Crippen molar-refractivity contribution in [3.8, 4) is 0 Å². The topological polar surface area (TPSA) is 118 Å². The Morgan fingerprint density at radius 2 is 1.73 bits per heavy atom. The Morgan fingerprint density at radius 1 is 1.07 bits per heavy atom. The lowest BCUT2D eigenvalue weighted by Gasteiger charge is -2.52. The van der Waals surface area contributed by atoms with Crippen molar-refractivity contribution in [2.24, 2.45) is 0 Å². The molecular formula is C31H36F2N6O5. The number of imidazole rings is 1. The monoisotopic (exact) mass is 610 g/mol. The maximum Gasteiger partial charge on any atom is 0.412 e. The Bertz CT molecular complexity index is 1550. The van der Waals surface area contributed by atoms with Crippen LogP contribution in [0.2, 0.25) is 0 Å². The summed E-state index contributed by atoms with van der Waals surface area (Å²) in [6, 6.07) is 9.13.